The van der Waals surface area contributed by atoms with Crippen LogP contribution in [0.3, 0.4) is 0 Å². The summed E-state index contributed by atoms with van der Waals surface area (Å²) in [5, 5.41) is 3.29. The maximum Gasteiger partial charge on any atom is 0.142 e. The molecule has 0 bridgehead atoms. The summed E-state index contributed by atoms with van der Waals surface area (Å²) in [7, 11) is 3.41. The lowest BCUT2D eigenvalue weighted by Crippen LogP contribution is -2.47. The Hall–Kier alpha value is -2.54. The molecule has 0 atom stereocenters. The zero-order chi connectivity index (χ0) is 18.4. The molecule has 1 aliphatic rings. The van der Waals surface area contributed by atoms with E-state index >= 15 is 0 Å². The Kier molecular flexibility index (Phi) is 6.12. The van der Waals surface area contributed by atoms with Crippen LogP contribution in [0, 0.1) is 6.92 Å². The number of methoxy groups -OCH3 is 2. The third kappa shape index (κ3) is 4.35. The summed E-state index contributed by atoms with van der Waals surface area (Å²) < 4.78 is 10.6. The normalized spacial score (nSPS) is 14.4. The highest BCUT2D eigenvalue weighted by atomic mass is 16.5. The zero-order valence-electron chi connectivity index (χ0n) is 15.7. The molecular formula is C19H27N5O2. The van der Waals surface area contributed by atoms with E-state index in [1.54, 1.807) is 14.2 Å². The van der Waals surface area contributed by atoms with Crippen molar-refractivity contribution in [1.29, 1.82) is 0 Å². The van der Waals surface area contributed by atoms with E-state index in [9.17, 15) is 0 Å². The van der Waals surface area contributed by atoms with Crippen LogP contribution < -0.4 is 19.9 Å². The van der Waals surface area contributed by atoms with Crippen LogP contribution in [0.4, 0.5) is 17.3 Å². The van der Waals surface area contributed by atoms with E-state index in [1.165, 1.54) is 0 Å². The summed E-state index contributed by atoms with van der Waals surface area (Å²) in [5.74, 6) is 3.51. The summed E-state index contributed by atoms with van der Waals surface area (Å²) in [4.78, 5) is 13.7. The van der Waals surface area contributed by atoms with Crippen molar-refractivity contribution >= 4 is 17.3 Å². The molecule has 1 aromatic heterocycles. The zero-order valence-corrected chi connectivity index (χ0v) is 15.7. The highest BCUT2D eigenvalue weighted by Crippen LogP contribution is 2.29. The van der Waals surface area contributed by atoms with Gasteiger partial charge < -0.3 is 24.6 Å². The van der Waals surface area contributed by atoms with Gasteiger partial charge in [0, 0.05) is 45.9 Å². The average Bonchev–Trinajstić information content (AvgIpc) is 2.68. The lowest BCUT2D eigenvalue weighted by Gasteiger charge is -2.37. The molecule has 1 aliphatic heterocycles. The molecule has 3 rings (SSSR count). The van der Waals surface area contributed by atoms with Gasteiger partial charge in [0.15, 0.2) is 0 Å². The van der Waals surface area contributed by atoms with Crippen LogP contribution in [0.5, 0.6) is 5.75 Å². The second kappa shape index (κ2) is 8.71. The van der Waals surface area contributed by atoms with Crippen LogP contribution in [0.15, 0.2) is 30.3 Å². The minimum absolute atomic E-state index is 0.649. The predicted octanol–water partition coefficient (Wildman–Crippen LogP) is 2.18. The number of aryl methyl sites for hydroxylation is 1. The summed E-state index contributed by atoms with van der Waals surface area (Å²) in [5.41, 5.74) is 1.15. The lowest BCUT2D eigenvalue weighted by atomic mass is 10.2. The van der Waals surface area contributed by atoms with E-state index in [4.69, 9.17) is 9.47 Å². The first kappa shape index (κ1) is 18.3. The number of aromatic nitrogens is 2. The van der Waals surface area contributed by atoms with Crippen LogP contribution in [-0.4, -0.2) is 63.5 Å². The SMILES string of the molecule is COCCNc1cc(N2CCN(c3ccccc3OC)CC2)nc(C)n1. The number of hydrogen-bond donors (Lipinski definition) is 1. The number of hydrogen-bond acceptors (Lipinski definition) is 7. The number of ether oxygens (including phenoxy) is 2. The number of rotatable bonds is 7. The van der Waals surface area contributed by atoms with Crippen molar-refractivity contribution < 1.29 is 9.47 Å². The standard InChI is InChI=1S/C19H27N5O2/c1-15-21-18(20-8-13-25-2)14-19(22-15)24-11-9-23(10-12-24)16-6-4-5-7-17(16)26-3/h4-7,14H,8-13H2,1-3H3,(H,20,21,22). The topological polar surface area (TPSA) is 62.8 Å². The third-order valence-corrected chi connectivity index (χ3v) is 4.47. The number of piperazine rings is 1. The number of anilines is 3. The highest BCUT2D eigenvalue weighted by Gasteiger charge is 2.21. The van der Waals surface area contributed by atoms with Crippen LogP contribution in [-0.2, 0) is 4.74 Å². The average molecular weight is 357 g/mol. The first-order valence-corrected chi connectivity index (χ1v) is 8.92. The van der Waals surface area contributed by atoms with Crippen molar-refractivity contribution in [3.63, 3.8) is 0 Å². The van der Waals surface area contributed by atoms with Crippen molar-refractivity contribution in [2.45, 2.75) is 6.92 Å². The maximum atomic E-state index is 5.49. The van der Waals surface area contributed by atoms with E-state index < -0.39 is 0 Å². The number of nitrogens with zero attached hydrogens (tertiary/aromatic N) is 4. The van der Waals surface area contributed by atoms with Gasteiger partial charge in [0.25, 0.3) is 0 Å². The fourth-order valence-electron chi connectivity index (χ4n) is 3.15. The molecule has 0 radical (unpaired) electrons. The molecule has 0 amide bonds. The molecule has 140 valence electrons. The molecular weight excluding hydrogens is 330 g/mol. The predicted molar refractivity (Wildman–Crippen MR) is 105 cm³/mol. The summed E-state index contributed by atoms with van der Waals surface area (Å²) in [6.45, 7) is 6.98. The summed E-state index contributed by atoms with van der Waals surface area (Å²) in [6, 6.07) is 10.2. The minimum Gasteiger partial charge on any atom is -0.495 e. The van der Waals surface area contributed by atoms with E-state index in [0.717, 1.165) is 61.6 Å². The Morgan fingerprint density at radius 2 is 1.77 bits per heavy atom. The van der Waals surface area contributed by atoms with E-state index in [1.807, 2.05) is 25.1 Å². The van der Waals surface area contributed by atoms with Gasteiger partial charge in [-0.2, -0.15) is 0 Å². The molecule has 0 aliphatic carbocycles. The van der Waals surface area contributed by atoms with Crippen molar-refractivity contribution in [3.8, 4) is 5.75 Å². The van der Waals surface area contributed by atoms with Crippen molar-refractivity contribution in [2.24, 2.45) is 0 Å². The number of benzene rings is 1. The lowest BCUT2D eigenvalue weighted by molar-refractivity contribution is 0.210. The van der Waals surface area contributed by atoms with E-state index in [2.05, 4.69) is 37.2 Å². The smallest absolute Gasteiger partial charge is 0.142 e. The largest absolute Gasteiger partial charge is 0.495 e. The number of nitrogens with one attached hydrogen (secondary N) is 1. The summed E-state index contributed by atoms with van der Waals surface area (Å²) >= 11 is 0. The van der Waals surface area contributed by atoms with Gasteiger partial charge >= 0.3 is 0 Å². The molecule has 1 aromatic carbocycles. The van der Waals surface area contributed by atoms with E-state index in [0.29, 0.717) is 6.61 Å². The molecule has 2 aromatic rings. The third-order valence-electron chi connectivity index (χ3n) is 4.47. The van der Waals surface area contributed by atoms with Crippen LogP contribution in [0.25, 0.3) is 0 Å². The van der Waals surface area contributed by atoms with Gasteiger partial charge in [-0.25, -0.2) is 9.97 Å². The molecule has 1 fully saturated rings. The Bertz CT molecular complexity index is 717. The van der Waals surface area contributed by atoms with Crippen LogP contribution >= 0.6 is 0 Å². The van der Waals surface area contributed by atoms with Crippen molar-refractivity contribution in [2.75, 3.05) is 68.7 Å². The van der Waals surface area contributed by atoms with Gasteiger partial charge in [-0.15, -0.1) is 0 Å². The Morgan fingerprint density at radius 1 is 1.04 bits per heavy atom. The molecule has 2 heterocycles. The Morgan fingerprint density at radius 3 is 2.50 bits per heavy atom. The fraction of sp³-hybridized carbons (Fsp3) is 0.474. The maximum absolute atomic E-state index is 5.49. The molecule has 1 saturated heterocycles. The molecule has 0 spiro atoms. The van der Waals surface area contributed by atoms with Gasteiger partial charge in [0.1, 0.15) is 23.2 Å². The van der Waals surface area contributed by atoms with Gasteiger partial charge in [-0.05, 0) is 19.1 Å². The summed E-state index contributed by atoms with van der Waals surface area (Å²) in [6.07, 6.45) is 0. The minimum atomic E-state index is 0.649. The molecule has 26 heavy (non-hydrogen) atoms. The van der Waals surface area contributed by atoms with E-state index in [-0.39, 0.29) is 0 Å². The van der Waals surface area contributed by atoms with Crippen molar-refractivity contribution in [1.82, 2.24) is 9.97 Å². The Balaban J connectivity index is 1.66. The van der Waals surface area contributed by atoms with Gasteiger partial charge in [0.05, 0.1) is 19.4 Å². The second-order valence-electron chi connectivity index (χ2n) is 6.22. The Labute approximate surface area is 155 Å². The van der Waals surface area contributed by atoms with Crippen LogP contribution in [0.2, 0.25) is 0 Å². The fourth-order valence-corrected chi connectivity index (χ4v) is 3.15. The molecule has 7 heteroatoms. The monoisotopic (exact) mass is 357 g/mol. The first-order chi connectivity index (χ1) is 12.7. The highest BCUT2D eigenvalue weighted by molar-refractivity contribution is 5.60. The molecule has 1 N–H and O–H groups in total. The molecule has 7 nitrogen and oxygen atoms in total. The van der Waals surface area contributed by atoms with Gasteiger partial charge in [-0.3, -0.25) is 0 Å². The van der Waals surface area contributed by atoms with Crippen LogP contribution in [0.1, 0.15) is 5.82 Å². The quantitative estimate of drug-likeness (QED) is 0.762. The second-order valence-corrected chi connectivity index (χ2v) is 6.22. The molecule has 0 saturated carbocycles. The first-order valence-electron chi connectivity index (χ1n) is 8.92. The number of para-hydroxylation sites is 2. The van der Waals surface area contributed by atoms with Crippen molar-refractivity contribution in [3.05, 3.63) is 36.2 Å². The molecule has 0 unspecified atom stereocenters. The van der Waals surface area contributed by atoms with Gasteiger partial charge in [0.2, 0.25) is 0 Å². The van der Waals surface area contributed by atoms with Gasteiger partial charge in [-0.1, -0.05) is 12.1 Å².